The van der Waals surface area contributed by atoms with Gasteiger partial charge in [-0.2, -0.15) is 5.26 Å². The monoisotopic (exact) mass is 403 g/mol. The fourth-order valence-corrected chi connectivity index (χ4v) is 3.54. The number of amides is 1. The minimum Gasteiger partial charge on any atom is -0.341 e. The van der Waals surface area contributed by atoms with Crippen LogP contribution in [0.25, 0.3) is 0 Å². The maximum absolute atomic E-state index is 12.3. The number of aryl methyl sites for hydroxylation is 2. The number of rotatable bonds is 5. The van der Waals surface area contributed by atoms with Gasteiger partial charge in [-0.1, -0.05) is 39.8 Å². The molecule has 2 aromatic rings. The number of benzene rings is 1. The van der Waals surface area contributed by atoms with Gasteiger partial charge in [0.05, 0.1) is 11.3 Å². The summed E-state index contributed by atoms with van der Waals surface area (Å²) in [5, 5.41) is 9.90. The van der Waals surface area contributed by atoms with Crippen molar-refractivity contribution >= 4 is 33.6 Å². The van der Waals surface area contributed by atoms with Crippen LogP contribution < -0.4 is 0 Å². The fraction of sp³-hybridized carbons (Fsp3) is 0.278. The fourth-order valence-electron chi connectivity index (χ4n) is 2.24. The Kier molecular flexibility index (Phi) is 6.41. The molecule has 124 valence electrons. The van der Waals surface area contributed by atoms with Crippen molar-refractivity contribution in [2.24, 2.45) is 0 Å². The molecule has 1 aromatic heterocycles. The first kappa shape index (κ1) is 18.5. The number of thioether (sulfide) groups is 1. The number of pyridine rings is 1. The van der Waals surface area contributed by atoms with Crippen molar-refractivity contribution in [2.45, 2.75) is 25.4 Å². The van der Waals surface area contributed by atoms with Gasteiger partial charge >= 0.3 is 0 Å². The van der Waals surface area contributed by atoms with E-state index in [-0.39, 0.29) is 11.7 Å². The Morgan fingerprint density at radius 3 is 2.62 bits per heavy atom. The summed E-state index contributed by atoms with van der Waals surface area (Å²) in [7, 11) is 1.78. The van der Waals surface area contributed by atoms with Gasteiger partial charge in [-0.05, 0) is 43.2 Å². The zero-order valence-electron chi connectivity index (χ0n) is 13.8. The van der Waals surface area contributed by atoms with Crippen molar-refractivity contribution in [2.75, 3.05) is 12.8 Å². The zero-order chi connectivity index (χ0) is 17.7. The Balaban J connectivity index is 2.00. The predicted octanol–water partition coefficient (Wildman–Crippen LogP) is 4.08. The topological polar surface area (TPSA) is 57.0 Å². The number of carbonyl (C=O) groups is 1. The predicted molar refractivity (Wildman–Crippen MR) is 99.8 cm³/mol. The third-order valence-electron chi connectivity index (χ3n) is 3.51. The van der Waals surface area contributed by atoms with E-state index in [1.807, 2.05) is 44.2 Å². The molecule has 0 saturated heterocycles. The van der Waals surface area contributed by atoms with Crippen LogP contribution in [0.1, 0.15) is 22.4 Å². The smallest absolute Gasteiger partial charge is 0.233 e. The van der Waals surface area contributed by atoms with Gasteiger partial charge < -0.3 is 4.90 Å². The Morgan fingerprint density at radius 1 is 1.33 bits per heavy atom. The van der Waals surface area contributed by atoms with Crippen LogP contribution >= 0.6 is 27.7 Å². The van der Waals surface area contributed by atoms with Gasteiger partial charge in [-0.3, -0.25) is 4.79 Å². The van der Waals surface area contributed by atoms with Crippen LogP contribution in [-0.4, -0.2) is 28.6 Å². The lowest BCUT2D eigenvalue weighted by atomic mass is 10.1. The van der Waals surface area contributed by atoms with Crippen LogP contribution in [0.15, 0.2) is 39.8 Å². The summed E-state index contributed by atoms with van der Waals surface area (Å²) in [5.74, 6) is 0.269. The Morgan fingerprint density at radius 2 is 2.00 bits per heavy atom. The van der Waals surface area contributed by atoms with Crippen molar-refractivity contribution in [1.82, 2.24) is 9.88 Å². The molecule has 24 heavy (non-hydrogen) atoms. The van der Waals surface area contributed by atoms with E-state index in [2.05, 4.69) is 27.0 Å². The van der Waals surface area contributed by atoms with Crippen molar-refractivity contribution < 1.29 is 4.79 Å². The third kappa shape index (κ3) is 4.83. The first-order chi connectivity index (χ1) is 11.4. The number of aromatic nitrogens is 1. The summed E-state index contributed by atoms with van der Waals surface area (Å²) < 4.78 is 1.01. The highest BCUT2D eigenvalue weighted by atomic mass is 79.9. The van der Waals surface area contributed by atoms with Crippen LogP contribution in [0.3, 0.4) is 0 Å². The van der Waals surface area contributed by atoms with Crippen LogP contribution in [0.4, 0.5) is 0 Å². The maximum Gasteiger partial charge on any atom is 0.233 e. The van der Waals surface area contributed by atoms with E-state index in [0.29, 0.717) is 17.1 Å². The molecule has 0 radical (unpaired) electrons. The molecule has 0 bridgehead atoms. The number of nitrogens with zero attached hydrogens (tertiary/aromatic N) is 3. The molecule has 0 unspecified atom stereocenters. The molecule has 0 atom stereocenters. The van der Waals surface area contributed by atoms with Gasteiger partial charge in [0.25, 0.3) is 0 Å². The zero-order valence-corrected chi connectivity index (χ0v) is 16.2. The third-order valence-corrected chi connectivity index (χ3v) is 5.00. The summed E-state index contributed by atoms with van der Waals surface area (Å²) in [6.45, 7) is 4.33. The van der Waals surface area contributed by atoms with Gasteiger partial charge in [0.15, 0.2) is 0 Å². The van der Waals surface area contributed by atoms with E-state index >= 15 is 0 Å². The van der Waals surface area contributed by atoms with Crippen molar-refractivity contribution in [3.05, 3.63) is 57.2 Å². The quantitative estimate of drug-likeness (QED) is 0.705. The minimum absolute atomic E-state index is 0.00719. The summed E-state index contributed by atoms with van der Waals surface area (Å²) >= 11 is 4.72. The standard InChI is InChI=1S/C18H18BrN3OS/c1-12-8-13(2)21-18(16(12)9-20)24-11-17(23)22(3)10-14-4-6-15(19)7-5-14/h4-8H,10-11H2,1-3H3. The second-order valence-electron chi connectivity index (χ2n) is 5.54. The molecule has 4 nitrogen and oxygen atoms in total. The summed E-state index contributed by atoms with van der Waals surface area (Å²) in [6.07, 6.45) is 0. The van der Waals surface area contributed by atoms with Gasteiger partial charge in [-0.25, -0.2) is 4.98 Å². The average Bonchev–Trinajstić information content (AvgIpc) is 2.54. The molecule has 0 aliphatic rings. The van der Waals surface area contributed by atoms with Crippen molar-refractivity contribution in [3.8, 4) is 6.07 Å². The molecule has 1 aromatic carbocycles. The normalized spacial score (nSPS) is 10.3. The first-order valence-corrected chi connectivity index (χ1v) is 9.18. The SMILES string of the molecule is Cc1cc(C)c(C#N)c(SCC(=O)N(C)Cc2ccc(Br)cc2)n1. The largest absolute Gasteiger partial charge is 0.341 e. The molecule has 1 amide bonds. The Bertz CT molecular complexity index is 784. The van der Waals surface area contributed by atoms with E-state index in [9.17, 15) is 10.1 Å². The molecule has 2 rings (SSSR count). The summed E-state index contributed by atoms with van der Waals surface area (Å²) in [6, 6.07) is 11.9. The number of carbonyl (C=O) groups excluding carboxylic acids is 1. The van der Waals surface area contributed by atoms with Gasteiger partial charge in [-0.15, -0.1) is 0 Å². The molecule has 6 heteroatoms. The summed E-state index contributed by atoms with van der Waals surface area (Å²) in [5.41, 5.74) is 3.36. The van der Waals surface area contributed by atoms with E-state index in [4.69, 9.17) is 0 Å². The van der Waals surface area contributed by atoms with E-state index in [0.717, 1.165) is 21.3 Å². The van der Waals surface area contributed by atoms with Gasteiger partial charge in [0.1, 0.15) is 11.1 Å². The molecule has 0 fully saturated rings. The van der Waals surface area contributed by atoms with Crippen LogP contribution in [-0.2, 0) is 11.3 Å². The van der Waals surface area contributed by atoms with Gasteiger partial charge in [0.2, 0.25) is 5.91 Å². The summed E-state index contributed by atoms with van der Waals surface area (Å²) in [4.78, 5) is 18.4. The van der Waals surface area contributed by atoms with E-state index in [1.54, 1.807) is 11.9 Å². The number of hydrogen-bond donors (Lipinski definition) is 0. The highest BCUT2D eigenvalue weighted by Crippen LogP contribution is 2.24. The highest BCUT2D eigenvalue weighted by Gasteiger charge is 2.14. The molecule has 0 aliphatic carbocycles. The molecular weight excluding hydrogens is 386 g/mol. The maximum atomic E-state index is 12.3. The first-order valence-electron chi connectivity index (χ1n) is 7.40. The lowest BCUT2D eigenvalue weighted by Gasteiger charge is -2.17. The second-order valence-corrected chi connectivity index (χ2v) is 7.42. The van der Waals surface area contributed by atoms with Crippen LogP contribution in [0.5, 0.6) is 0 Å². The Labute approximate surface area is 155 Å². The molecular formula is C18H18BrN3OS. The lowest BCUT2D eigenvalue weighted by Crippen LogP contribution is -2.27. The Hall–Kier alpha value is -1.84. The molecule has 1 heterocycles. The molecule has 0 spiro atoms. The molecule has 0 aliphatic heterocycles. The van der Waals surface area contributed by atoms with Crippen molar-refractivity contribution in [1.29, 1.82) is 5.26 Å². The number of halogens is 1. The van der Waals surface area contributed by atoms with Crippen LogP contribution in [0.2, 0.25) is 0 Å². The van der Waals surface area contributed by atoms with Crippen LogP contribution in [0, 0.1) is 25.2 Å². The molecule has 0 N–H and O–H groups in total. The number of hydrogen-bond acceptors (Lipinski definition) is 4. The lowest BCUT2D eigenvalue weighted by molar-refractivity contribution is -0.127. The van der Waals surface area contributed by atoms with E-state index < -0.39 is 0 Å². The molecule has 0 saturated carbocycles. The van der Waals surface area contributed by atoms with E-state index in [1.165, 1.54) is 11.8 Å². The van der Waals surface area contributed by atoms with Crippen molar-refractivity contribution in [3.63, 3.8) is 0 Å². The minimum atomic E-state index is 0.00719. The second kappa shape index (κ2) is 8.32. The average molecular weight is 404 g/mol. The highest BCUT2D eigenvalue weighted by molar-refractivity contribution is 9.10. The number of nitriles is 1. The van der Waals surface area contributed by atoms with Gasteiger partial charge in [0, 0.05) is 23.8 Å².